The molecule has 5 N–H and O–H groups in total. The van der Waals surface area contributed by atoms with Gasteiger partial charge in [-0.15, -0.1) is 0 Å². The molecule has 0 spiro atoms. The smallest absolute Gasteiger partial charge is 0.341 e. The maximum atomic E-state index is 10.3. The fraction of sp³-hybridized carbons (Fsp3) is 0.417. The highest BCUT2D eigenvalue weighted by molar-refractivity contribution is 5.68. The number of carbonyl (C=O) groups is 1. The Morgan fingerprint density at radius 2 is 1.89 bits per heavy atom. The summed E-state index contributed by atoms with van der Waals surface area (Å²) >= 11 is 0. The molecule has 0 aliphatic rings. The molecule has 0 fully saturated rings. The minimum Gasteiger partial charge on any atom is -0.482 e. The zero-order valence-corrected chi connectivity index (χ0v) is 9.82. The molecule has 0 bridgehead atoms. The molecule has 0 aromatic heterocycles. The van der Waals surface area contributed by atoms with Gasteiger partial charge in [-0.25, -0.2) is 4.79 Å². The van der Waals surface area contributed by atoms with Crippen molar-refractivity contribution >= 4 is 5.97 Å². The molecule has 6 heteroatoms. The second-order valence-corrected chi connectivity index (χ2v) is 3.84. The first-order valence-electron chi connectivity index (χ1n) is 5.55. The monoisotopic (exact) mass is 255 g/mol. The van der Waals surface area contributed by atoms with E-state index in [2.05, 4.69) is 0 Å². The number of carboxylic acid groups (broad SMARTS) is 1. The molecular formula is C12H17NO5. The van der Waals surface area contributed by atoms with Crippen LogP contribution in [-0.4, -0.2) is 40.5 Å². The number of nitrogens with two attached hydrogens (primary N) is 1. The number of hydrogen-bond acceptors (Lipinski definition) is 5. The lowest BCUT2D eigenvalue weighted by Crippen LogP contribution is -2.21. The molecule has 0 aliphatic carbocycles. The second-order valence-electron chi connectivity index (χ2n) is 3.84. The van der Waals surface area contributed by atoms with E-state index in [1.165, 1.54) is 12.1 Å². The summed E-state index contributed by atoms with van der Waals surface area (Å²) in [6.45, 7) is -0.129. The molecule has 1 aromatic carbocycles. The first-order chi connectivity index (χ1) is 8.54. The van der Waals surface area contributed by atoms with E-state index >= 15 is 0 Å². The second kappa shape index (κ2) is 6.95. The summed E-state index contributed by atoms with van der Waals surface area (Å²) in [5.74, 6) is -0.667. The highest BCUT2D eigenvalue weighted by Gasteiger charge is 2.17. The predicted octanol–water partition coefficient (Wildman–Crippen LogP) is -0.107. The quantitative estimate of drug-likeness (QED) is 0.541. The molecule has 2 atom stereocenters. The summed E-state index contributed by atoms with van der Waals surface area (Å²) in [5, 5.41) is 27.8. The Balaban J connectivity index is 2.61. The van der Waals surface area contributed by atoms with Crippen molar-refractivity contribution in [2.75, 3.05) is 13.2 Å². The molecule has 0 saturated heterocycles. The van der Waals surface area contributed by atoms with E-state index in [0.29, 0.717) is 17.7 Å². The van der Waals surface area contributed by atoms with Crippen molar-refractivity contribution in [1.29, 1.82) is 0 Å². The van der Waals surface area contributed by atoms with Crippen LogP contribution in [0.1, 0.15) is 18.1 Å². The summed E-state index contributed by atoms with van der Waals surface area (Å²) in [6, 6.07) is 6.22. The van der Waals surface area contributed by atoms with Crippen LogP contribution in [0.5, 0.6) is 5.75 Å². The maximum absolute atomic E-state index is 10.3. The number of hydrogen-bond donors (Lipinski definition) is 4. The number of benzene rings is 1. The molecular weight excluding hydrogens is 238 g/mol. The van der Waals surface area contributed by atoms with Crippen LogP contribution in [0.15, 0.2) is 24.3 Å². The summed E-state index contributed by atoms with van der Waals surface area (Å²) in [5.41, 5.74) is 5.82. The molecule has 6 nitrogen and oxygen atoms in total. The van der Waals surface area contributed by atoms with E-state index in [1.807, 2.05) is 0 Å². The minimum atomic E-state index is -1.06. The van der Waals surface area contributed by atoms with Crippen LogP contribution < -0.4 is 10.5 Å². The zero-order chi connectivity index (χ0) is 13.5. The number of ether oxygens (including phenoxy) is 1. The number of carboxylic acids is 1. The Morgan fingerprint density at radius 1 is 1.28 bits per heavy atom. The summed E-state index contributed by atoms with van der Waals surface area (Å²) < 4.78 is 4.95. The molecule has 0 saturated carbocycles. The minimum absolute atomic E-state index is 0.290. The van der Waals surface area contributed by atoms with E-state index in [9.17, 15) is 15.0 Å². The van der Waals surface area contributed by atoms with Gasteiger partial charge < -0.3 is 25.8 Å². The Labute approximate surface area is 105 Å². The van der Waals surface area contributed by atoms with Gasteiger partial charge in [0.25, 0.3) is 0 Å². The normalized spacial score (nSPS) is 13.9. The molecule has 2 unspecified atom stereocenters. The third kappa shape index (κ3) is 4.33. The third-order valence-electron chi connectivity index (χ3n) is 2.41. The van der Waals surface area contributed by atoms with E-state index in [4.69, 9.17) is 15.6 Å². The van der Waals surface area contributed by atoms with Crippen molar-refractivity contribution in [2.45, 2.75) is 18.6 Å². The summed E-state index contributed by atoms with van der Waals surface area (Å²) in [4.78, 5) is 10.3. The largest absolute Gasteiger partial charge is 0.482 e. The van der Waals surface area contributed by atoms with Crippen LogP contribution in [0.2, 0.25) is 0 Å². The lowest BCUT2D eigenvalue weighted by molar-refractivity contribution is -0.139. The lowest BCUT2D eigenvalue weighted by atomic mass is 10.0. The molecule has 0 heterocycles. The SMILES string of the molecule is NCCC(O)C(O)c1ccc(OCC(=O)O)cc1. The molecule has 0 aliphatic heterocycles. The van der Waals surface area contributed by atoms with Crippen molar-refractivity contribution in [3.8, 4) is 5.75 Å². The van der Waals surface area contributed by atoms with Crippen molar-refractivity contribution in [2.24, 2.45) is 5.73 Å². The summed E-state index contributed by atoms with van der Waals surface area (Å²) in [6.07, 6.45) is -1.62. The molecule has 0 amide bonds. The predicted molar refractivity (Wildman–Crippen MR) is 64.2 cm³/mol. The van der Waals surface area contributed by atoms with Crippen LogP contribution >= 0.6 is 0 Å². The van der Waals surface area contributed by atoms with E-state index in [1.54, 1.807) is 12.1 Å². The fourth-order valence-electron chi connectivity index (χ4n) is 1.46. The third-order valence-corrected chi connectivity index (χ3v) is 2.41. The van der Waals surface area contributed by atoms with Crippen LogP contribution in [0.4, 0.5) is 0 Å². The Hall–Kier alpha value is -1.63. The van der Waals surface area contributed by atoms with Crippen molar-refractivity contribution in [3.05, 3.63) is 29.8 Å². The number of aliphatic carboxylic acids is 1. The van der Waals surface area contributed by atoms with Crippen molar-refractivity contribution in [3.63, 3.8) is 0 Å². The van der Waals surface area contributed by atoms with Crippen molar-refractivity contribution in [1.82, 2.24) is 0 Å². The van der Waals surface area contributed by atoms with E-state index < -0.39 is 24.8 Å². The standard InChI is InChI=1S/C12H17NO5/c13-6-5-10(14)12(17)8-1-3-9(4-2-8)18-7-11(15)16/h1-4,10,12,14,17H,5-7,13H2,(H,15,16). The van der Waals surface area contributed by atoms with E-state index in [0.717, 1.165) is 0 Å². The van der Waals surface area contributed by atoms with Gasteiger partial charge in [-0.05, 0) is 30.7 Å². The van der Waals surface area contributed by atoms with Gasteiger partial charge in [0, 0.05) is 0 Å². The van der Waals surface area contributed by atoms with Gasteiger partial charge >= 0.3 is 5.97 Å². The number of aliphatic hydroxyl groups is 2. The molecule has 18 heavy (non-hydrogen) atoms. The van der Waals surface area contributed by atoms with Gasteiger partial charge in [0.2, 0.25) is 0 Å². The maximum Gasteiger partial charge on any atom is 0.341 e. The Morgan fingerprint density at radius 3 is 2.39 bits per heavy atom. The Bertz CT molecular complexity index is 379. The van der Waals surface area contributed by atoms with Gasteiger partial charge in [0.05, 0.1) is 6.10 Å². The first-order valence-corrected chi connectivity index (χ1v) is 5.55. The number of aliphatic hydroxyl groups excluding tert-OH is 2. The zero-order valence-electron chi connectivity index (χ0n) is 9.82. The highest BCUT2D eigenvalue weighted by Crippen LogP contribution is 2.21. The summed E-state index contributed by atoms with van der Waals surface area (Å²) in [7, 11) is 0. The van der Waals surface area contributed by atoms with Gasteiger partial charge in [-0.3, -0.25) is 0 Å². The molecule has 0 radical (unpaired) electrons. The van der Waals surface area contributed by atoms with Crippen LogP contribution in [0.25, 0.3) is 0 Å². The van der Waals surface area contributed by atoms with Gasteiger partial charge in [-0.2, -0.15) is 0 Å². The van der Waals surface area contributed by atoms with Crippen LogP contribution in [0.3, 0.4) is 0 Å². The average molecular weight is 255 g/mol. The fourth-order valence-corrected chi connectivity index (χ4v) is 1.46. The first kappa shape index (κ1) is 14.4. The van der Waals surface area contributed by atoms with Gasteiger partial charge in [0.15, 0.2) is 6.61 Å². The van der Waals surface area contributed by atoms with Gasteiger partial charge in [-0.1, -0.05) is 12.1 Å². The average Bonchev–Trinajstić information content (AvgIpc) is 2.36. The molecule has 1 rings (SSSR count). The number of rotatable bonds is 7. The van der Waals surface area contributed by atoms with Crippen LogP contribution in [-0.2, 0) is 4.79 Å². The van der Waals surface area contributed by atoms with Crippen molar-refractivity contribution < 1.29 is 24.9 Å². The van der Waals surface area contributed by atoms with Gasteiger partial charge in [0.1, 0.15) is 11.9 Å². The highest BCUT2D eigenvalue weighted by atomic mass is 16.5. The lowest BCUT2D eigenvalue weighted by Gasteiger charge is -2.17. The van der Waals surface area contributed by atoms with E-state index in [-0.39, 0.29) is 6.54 Å². The molecule has 100 valence electrons. The Kier molecular flexibility index (Phi) is 5.57. The van der Waals surface area contributed by atoms with Crippen LogP contribution in [0, 0.1) is 0 Å². The topological polar surface area (TPSA) is 113 Å². The molecule has 1 aromatic rings.